The van der Waals surface area contributed by atoms with E-state index in [9.17, 15) is 14.7 Å². The Hall–Kier alpha value is -2.70. The van der Waals surface area contributed by atoms with Gasteiger partial charge in [0.05, 0.1) is 0 Å². The molecule has 184 valence electrons. The molecule has 0 spiro atoms. The van der Waals surface area contributed by atoms with Crippen molar-refractivity contribution in [1.82, 2.24) is 5.32 Å². The first-order valence-electron chi connectivity index (χ1n) is 11.8. The molecule has 2 aromatic carbocycles. The highest BCUT2D eigenvalue weighted by molar-refractivity contribution is 8.01. The maximum atomic E-state index is 13.0. The van der Waals surface area contributed by atoms with E-state index in [1.807, 2.05) is 51.1 Å². The highest BCUT2D eigenvalue weighted by Crippen LogP contribution is 2.35. The molecule has 1 amide bonds. The molecule has 0 saturated heterocycles. The Morgan fingerprint density at radius 2 is 1.74 bits per heavy atom. The van der Waals surface area contributed by atoms with E-state index in [4.69, 9.17) is 11.6 Å². The predicted molar refractivity (Wildman–Crippen MR) is 145 cm³/mol. The molecule has 2 aromatic rings. The van der Waals surface area contributed by atoms with Gasteiger partial charge in [-0.1, -0.05) is 54.9 Å². The van der Waals surface area contributed by atoms with Crippen LogP contribution in [0.25, 0.3) is 11.1 Å². The molecule has 35 heavy (non-hydrogen) atoms. The van der Waals surface area contributed by atoms with E-state index in [-0.39, 0.29) is 11.2 Å². The number of carboxylic acids is 1. The number of anilines is 1. The predicted octanol–water partition coefficient (Wildman–Crippen LogP) is 6.85. The maximum absolute atomic E-state index is 13.0. The van der Waals surface area contributed by atoms with Crippen LogP contribution in [0.15, 0.2) is 59.2 Å². The van der Waals surface area contributed by atoms with Gasteiger partial charge in [-0.25, -0.2) is 4.79 Å². The van der Waals surface area contributed by atoms with Crippen molar-refractivity contribution in [2.24, 2.45) is 5.92 Å². The summed E-state index contributed by atoms with van der Waals surface area (Å²) in [6.07, 6.45) is 6.05. The molecule has 1 fully saturated rings. The second-order valence-corrected chi connectivity index (χ2v) is 11.1. The summed E-state index contributed by atoms with van der Waals surface area (Å²) in [6.45, 7) is 7.99. The van der Waals surface area contributed by atoms with Gasteiger partial charge in [-0.05, 0) is 97.9 Å². The van der Waals surface area contributed by atoms with Gasteiger partial charge in [-0.3, -0.25) is 4.79 Å². The summed E-state index contributed by atoms with van der Waals surface area (Å²) in [5, 5.41) is 13.5. The number of benzene rings is 2. The van der Waals surface area contributed by atoms with Crippen LogP contribution in [0, 0.1) is 19.8 Å². The van der Waals surface area contributed by atoms with Gasteiger partial charge in [0.15, 0.2) is 0 Å². The summed E-state index contributed by atoms with van der Waals surface area (Å²) in [4.78, 5) is 24.7. The van der Waals surface area contributed by atoms with E-state index in [0.717, 1.165) is 45.0 Å². The topological polar surface area (TPSA) is 78.4 Å². The van der Waals surface area contributed by atoms with E-state index >= 15 is 0 Å². The molecule has 2 aliphatic rings. The van der Waals surface area contributed by atoms with Crippen LogP contribution in [0.1, 0.15) is 54.6 Å². The summed E-state index contributed by atoms with van der Waals surface area (Å²) < 4.78 is 3.48. The molecule has 0 radical (unpaired) electrons. The smallest absolute Gasteiger partial charge is 0.329 e. The van der Waals surface area contributed by atoms with Gasteiger partial charge in [-0.2, -0.15) is 0 Å². The molecule has 0 bridgehead atoms. The van der Waals surface area contributed by atoms with Crippen LogP contribution in [0.3, 0.4) is 0 Å². The largest absolute Gasteiger partial charge is 0.480 e. The first kappa shape index (κ1) is 25.4. The Morgan fingerprint density at radius 3 is 2.34 bits per heavy atom. The summed E-state index contributed by atoms with van der Waals surface area (Å²) in [7, 11) is 0. The number of halogens is 1. The second-order valence-electron chi connectivity index (χ2n) is 9.67. The van der Waals surface area contributed by atoms with Gasteiger partial charge in [0.2, 0.25) is 0 Å². The minimum Gasteiger partial charge on any atom is -0.480 e. The fraction of sp³-hybridized carbons (Fsp3) is 0.357. The summed E-state index contributed by atoms with van der Waals surface area (Å²) in [5.41, 5.74) is 5.22. The minimum atomic E-state index is -1.13. The van der Waals surface area contributed by atoms with Crippen molar-refractivity contribution >= 4 is 41.1 Å². The molecule has 0 aliphatic heterocycles. The lowest BCUT2D eigenvalue weighted by atomic mass is 9.76. The Balaban J connectivity index is 1.50. The Morgan fingerprint density at radius 1 is 1.06 bits per heavy atom. The SMILES string of the molecule is CC1=CC(SNc2cccc(-c3cc(C)c(C(=O)NC4(C(=O)O)CCC4)c(C)c3)c2)C(C)C=C1Cl. The normalized spacial score (nSPS) is 20.8. The van der Waals surface area contributed by atoms with Gasteiger partial charge >= 0.3 is 5.97 Å². The fourth-order valence-electron chi connectivity index (χ4n) is 4.67. The number of carboxylic acid groups (broad SMARTS) is 1. The van der Waals surface area contributed by atoms with E-state index in [2.05, 4.69) is 35.2 Å². The Kier molecular flexibility index (Phi) is 7.34. The van der Waals surface area contributed by atoms with E-state index in [1.165, 1.54) is 0 Å². The number of rotatable bonds is 7. The third kappa shape index (κ3) is 5.29. The number of nitrogens with one attached hydrogen (secondary N) is 2. The van der Waals surface area contributed by atoms with Crippen molar-refractivity contribution in [3.05, 3.63) is 75.8 Å². The Labute approximate surface area is 216 Å². The number of carbonyl (C=O) groups excluding carboxylic acids is 1. The zero-order valence-corrected chi connectivity index (χ0v) is 22.0. The first-order chi connectivity index (χ1) is 16.6. The number of aryl methyl sites for hydroxylation is 2. The number of allylic oxidation sites excluding steroid dienone is 3. The van der Waals surface area contributed by atoms with Crippen LogP contribution in [0.2, 0.25) is 0 Å². The zero-order chi connectivity index (χ0) is 25.3. The highest BCUT2D eigenvalue weighted by Gasteiger charge is 2.46. The third-order valence-corrected chi connectivity index (χ3v) is 8.57. The quantitative estimate of drug-likeness (QED) is 0.355. The average molecular weight is 511 g/mol. The van der Waals surface area contributed by atoms with Crippen molar-refractivity contribution in [2.75, 3.05) is 4.72 Å². The van der Waals surface area contributed by atoms with Crippen LogP contribution in [0.4, 0.5) is 5.69 Å². The zero-order valence-electron chi connectivity index (χ0n) is 20.4. The summed E-state index contributed by atoms with van der Waals surface area (Å²) in [6, 6.07) is 12.2. The van der Waals surface area contributed by atoms with E-state index in [0.29, 0.717) is 24.3 Å². The average Bonchev–Trinajstić information content (AvgIpc) is 2.77. The van der Waals surface area contributed by atoms with Gasteiger partial charge in [0.25, 0.3) is 5.91 Å². The first-order valence-corrected chi connectivity index (χ1v) is 13.1. The molecule has 0 heterocycles. The molecular formula is C28H31ClN2O3S. The molecule has 3 N–H and O–H groups in total. The summed E-state index contributed by atoms with van der Waals surface area (Å²) in [5.74, 6) is -0.950. The van der Waals surface area contributed by atoms with Crippen molar-refractivity contribution in [3.8, 4) is 11.1 Å². The van der Waals surface area contributed by atoms with Crippen LogP contribution >= 0.6 is 23.5 Å². The van der Waals surface area contributed by atoms with Crippen LogP contribution in [0.5, 0.6) is 0 Å². The fourth-order valence-corrected chi connectivity index (χ4v) is 5.89. The molecular weight excluding hydrogens is 480 g/mol. The van der Waals surface area contributed by atoms with Crippen LogP contribution in [-0.2, 0) is 4.79 Å². The monoisotopic (exact) mass is 510 g/mol. The number of hydrogen-bond acceptors (Lipinski definition) is 4. The summed E-state index contributed by atoms with van der Waals surface area (Å²) >= 11 is 7.92. The van der Waals surface area contributed by atoms with Gasteiger partial charge in [0, 0.05) is 21.5 Å². The molecule has 2 aliphatic carbocycles. The van der Waals surface area contributed by atoms with Crippen LogP contribution < -0.4 is 10.0 Å². The molecule has 2 unspecified atom stereocenters. The number of hydrogen-bond donors (Lipinski definition) is 3. The minimum absolute atomic E-state index is 0.285. The van der Waals surface area contributed by atoms with Crippen LogP contribution in [-0.4, -0.2) is 27.8 Å². The molecule has 7 heteroatoms. The van der Waals surface area contributed by atoms with Crippen molar-refractivity contribution in [3.63, 3.8) is 0 Å². The third-order valence-electron chi connectivity index (χ3n) is 6.96. The van der Waals surface area contributed by atoms with Gasteiger partial charge < -0.3 is 15.1 Å². The van der Waals surface area contributed by atoms with E-state index in [1.54, 1.807) is 11.9 Å². The molecule has 2 atom stereocenters. The van der Waals surface area contributed by atoms with Gasteiger partial charge in [0.1, 0.15) is 5.54 Å². The number of amides is 1. The molecule has 1 saturated carbocycles. The van der Waals surface area contributed by atoms with Crippen molar-refractivity contribution in [1.29, 1.82) is 0 Å². The van der Waals surface area contributed by atoms with Crippen molar-refractivity contribution in [2.45, 2.75) is 57.7 Å². The number of carbonyl (C=O) groups is 2. The van der Waals surface area contributed by atoms with Gasteiger partial charge in [-0.15, -0.1) is 0 Å². The maximum Gasteiger partial charge on any atom is 0.329 e. The molecule has 4 rings (SSSR count). The van der Waals surface area contributed by atoms with E-state index < -0.39 is 11.5 Å². The molecule has 0 aromatic heterocycles. The number of aliphatic carboxylic acids is 1. The van der Waals surface area contributed by atoms with Crippen molar-refractivity contribution < 1.29 is 14.7 Å². The molecule has 5 nitrogen and oxygen atoms in total. The second kappa shape index (κ2) is 10.1. The highest BCUT2D eigenvalue weighted by atomic mass is 35.5. The Bertz CT molecular complexity index is 1210. The standard InChI is InChI=1S/C28H31ClN2O3S/c1-16-14-24(17(2)13-23(16)29)35-31-22-8-5-7-20(15-22)21-11-18(3)25(19(4)12-21)26(32)30-28(27(33)34)9-6-10-28/h5,7-8,11-15,17,24,31H,6,9-10H2,1-4H3,(H,30,32)(H,33,34). The lowest BCUT2D eigenvalue weighted by Gasteiger charge is -2.38. The lowest BCUT2D eigenvalue weighted by Crippen LogP contribution is -2.59. The lowest BCUT2D eigenvalue weighted by molar-refractivity contribution is -0.148.